The van der Waals surface area contributed by atoms with Crippen molar-refractivity contribution in [3.63, 3.8) is 0 Å². The van der Waals surface area contributed by atoms with Crippen molar-refractivity contribution in [1.82, 2.24) is 4.98 Å². The zero-order valence-electron chi connectivity index (χ0n) is 21.4. The molecular formula is C29H35NO5S. The molecule has 4 fully saturated rings. The van der Waals surface area contributed by atoms with E-state index in [0.717, 1.165) is 29.7 Å². The number of fused-ring (bicyclic) bond motifs is 7. The zero-order valence-corrected chi connectivity index (χ0v) is 22.2. The van der Waals surface area contributed by atoms with Crippen molar-refractivity contribution in [2.24, 2.45) is 28.6 Å². The van der Waals surface area contributed by atoms with E-state index >= 15 is 0 Å². The van der Waals surface area contributed by atoms with Crippen LogP contribution in [0.2, 0.25) is 0 Å². The standard InChI is InChI=1S/C29H35NO5S/c1-26(2)34-24-14-21-20-6-5-17-13-18(31)7-10-27(17,3)25(20)22(32)15-28(21,4)29(24,35-26)23(33)16-36-19-8-11-30-12-9-19/h7-13,20-22,24-25,32H,5-6,14-16H2,1-4H3/t20?,21?,22?,24-,25?,27?,28?,29-/m1/s1. The monoisotopic (exact) mass is 509 g/mol. The Labute approximate surface area is 216 Å². The van der Waals surface area contributed by atoms with Gasteiger partial charge in [-0.05, 0) is 75.7 Å². The molecule has 0 radical (unpaired) electrons. The van der Waals surface area contributed by atoms with Crippen molar-refractivity contribution >= 4 is 23.3 Å². The smallest absolute Gasteiger partial charge is 0.178 e. The SMILES string of the molecule is CC1(C)O[C@@H]2CC3C4CCC5=CC(=O)C=CC5(C)C4C(O)CC3(C)[C@]2(C(=O)CSc2ccncc2)O1. The van der Waals surface area contributed by atoms with E-state index in [4.69, 9.17) is 9.47 Å². The van der Waals surface area contributed by atoms with Gasteiger partial charge < -0.3 is 14.6 Å². The third-order valence-electron chi connectivity index (χ3n) is 9.92. The molecule has 6 rings (SSSR count). The summed E-state index contributed by atoms with van der Waals surface area (Å²) in [6.07, 6.45) is 10.9. The van der Waals surface area contributed by atoms with Gasteiger partial charge in [-0.1, -0.05) is 25.5 Å². The fraction of sp³-hybridized carbons (Fsp3) is 0.621. The van der Waals surface area contributed by atoms with Crippen molar-refractivity contribution < 1.29 is 24.2 Å². The van der Waals surface area contributed by atoms with Crippen molar-refractivity contribution in [3.05, 3.63) is 48.3 Å². The van der Waals surface area contributed by atoms with Crippen LogP contribution in [0.5, 0.6) is 0 Å². The van der Waals surface area contributed by atoms with Crippen LogP contribution in [-0.4, -0.2) is 51.0 Å². The minimum absolute atomic E-state index is 0.00473. The van der Waals surface area contributed by atoms with E-state index in [0.29, 0.717) is 6.42 Å². The Kier molecular flexibility index (Phi) is 5.52. The molecule has 1 aromatic rings. The molecule has 2 heterocycles. The third kappa shape index (κ3) is 3.32. The average Bonchev–Trinajstić information content (AvgIpc) is 3.24. The van der Waals surface area contributed by atoms with E-state index in [-0.39, 0.29) is 46.6 Å². The van der Waals surface area contributed by atoms with Crippen LogP contribution in [-0.2, 0) is 19.1 Å². The molecule has 8 atom stereocenters. The molecule has 4 aliphatic carbocycles. The van der Waals surface area contributed by atoms with Crippen LogP contribution in [0.4, 0.5) is 0 Å². The Hall–Kier alpha value is -1.80. The minimum Gasteiger partial charge on any atom is -0.393 e. The lowest BCUT2D eigenvalue weighted by Gasteiger charge is -2.60. The van der Waals surface area contributed by atoms with Crippen molar-refractivity contribution in [3.8, 4) is 0 Å². The van der Waals surface area contributed by atoms with Crippen molar-refractivity contribution in [2.75, 3.05) is 5.75 Å². The second kappa shape index (κ2) is 8.10. The normalized spacial score (nSPS) is 44.3. The number of nitrogens with zero attached hydrogens (tertiary/aromatic N) is 1. The Bertz CT molecular complexity index is 1160. The maximum atomic E-state index is 14.2. The lowest BCUT2D eigenvalue weighted by molar-refractivity contribution is -0.223. The number of pyridine rings is 1. The number of carbonyl (C=O) groups excluding carboxylic acids is 2. The lowest BCUT2D eigenvalue weighted by atomic mass is 9.46. The summed E-state index contributed by atoms with van der Waals surface area (Å²) in [6.45, 7) is 8.10. The molecular weight excluding hydrogens is 474 g/mol. The highest BCUT2D eigenvalue weighted by atomic mass is 32.2. The van der Waals surface area contributed by atoms with Gasteiger partial charge in [0.15, 0.2) is 23.0 Å². The number of ether oxygens (including phenoxy) is 2. The Morgan fingerprint density at radius 3 is 2.72 bits per heavy atom. The van der Waals surface area contributed by atoms with E-state index in [1.807, 2.05) is 32.1 Å². The summed E-state index contributed by atoms with van der Waals surface area (Å²) in [7, 11) is 0. The number of rotatable bonds is 4. The summed E-state index contributed by atoms with van der Waals surface area (Å²) >= 11 is 1.50. The number of aliphatic hydroxyl groups is 1. The average molecular weight is 510 g/mol. The highest BCUT2D eigenvalue weighted by Gasteiger charge is 2.76. The maximum absolute atomic E-state index is 14.2. The molecule has 7 heteroatoms. The molecule has 1 N–H and O–H groups in total. The first-order valence-electron chi connectivity index (χ1n) is 13.1. The van der Waals surface area contributed by atoms with Crippen molar-refractivity contribution in [2.45, 2.75) is 81.9 Å². The van der Waals surface area contributed by atoms with E-state index in [1.165, 1.54) is 11.8 Å². The van der Waals surface area contributed by atoms with Gasteiger partial charge in [0.25, 0.3) is 0 Å². The van der Waals surface area contributed by atoms with Crippen LogP contribution in [0.25, 0.3) is 0 Å². The summed E-state index contributed by atoms with van der Waals surface area (Å²) in [6, 6.07) is 3.82. The minimum atomic E-state index is -1.09. The van der Waals surface area contributed by atoms with E-state index in [1.54, 1.807) is 24.5 Å². The maximum Gasteiger partial charge on any atom is 0.178 e. The highest BCUT2D eigenvalue weighted by Crippen LogP contribution is 2.70. The summed E-state index contributed by atoms with van der Waals surface area (Å²) < 4.78 is 13.1. The first-order valence-corrected chi connectivity index (χ1v) is 14.1. The molecule has 6 unspecified atom stereocenters. The van der Waals surface area contributed by atoms with Crippen LogP contribution >= 0.6 is 11.8 Å². The lowest BCUT2D eigenvalue weighted by Crippen LogP contribution is -2.63. The molecule has 0 aromatic carbocycles. The van der Waals surface area contributed by atoms with Gasteiger partial charge >= 0.3 is 0 Å². The number of hydrogen-bond acceptors (Lipinski definition) is 7. The van der Waals surface area contributed by atoms with E-state index in [9.17, 15) is 14.7 Å². The number of aliphatic hydroxyl groups excluding tert-OH is 1. The van der Waals surface area contributed by atoms with Gasteiger partial charge in [-0.2, -0.15) is 0 Å². The Morgan fingerprint density at radius 2 is 1.97 bits per heavy atom. The quantitative estimate of drug-likeness (QED) is 0.597. The molecule has 36 heavy (non-hydrogen) atoms. The number of allylic oxidation sites excluding steroid dienone is 4. The first kappa shape index (κ1) is 24.5. The number of ketones is 2. The van der Waals surface area contributed by atoms with Crippen molar-refractivity contribution in [1.29, 1.82) is 0 Å². The second-order valence-electron chi connectivity index (χ2n) is 12.2. The van der Waals surface area contributed by atoms with Gasteiger partial charge in [-0.25, -0.2) is 0 Å². The number of thioether (sulfide) groups is 1. The number of aromatic nitrogens is 1. The summed E-state index contributed by atoms with van der Waals surface area (Å²) in [4.78, 5) is 31.4. The largest absolute Gasteiger partial charge is 0.393 e. The van der Waals surface area contributed by atoms with Crippen LogP contribution in [0, 0.1) is 28.6 Å². The predicted molar refractivity (Wildman–Crippen MR) is 136 cm³/mol. The zero-order chi connectivity index (χ0) is 25.5. The summed E-state index contributed by atoms with van der Waals surface area (Å²) in [5, 5.41) is 11.8. The van der Waals surface area contributed by atoms with Gasteiger partial charge in [0, 0.05) is 34.0 Å². The van der Waals surface area contributed by atoms with Gasteiger partial charge in [-0.3, -0.25) is 14.6 Å². The van der Waals surface area contributed by atoms with E-state index in [2.05, 4.69) is 18.8 Å². The molecule has 6 nitrogen and oxygen atoms in total. The van der Waals surface area contributed by atoms with Gasteiger partial charge in [0.05, 0.1) is 18.0 Å². The topological polar surface area (TPSA) is 85.7 Å². The highest BCUT2D eigenvalue weighted by molar-refractivity contribution is 8.00. The predicted octanol–water partition coefficient (Wildman–Crippen LogP) is 4.52. The second-order valence-corrected chi connectivity index (χ2v) is 13.2. The molecule has 0 bridgehead atoms. The Balaban J connectivity index is 1.36. The Morgan fingerprint density at radius 1 is 1.22 bits per heavy atom. The fourth-order valence-electron chi connectivity index (χ4n) is 8.61. The number of Topliss-reactive ketones (excluding diaryl/α,β-unsaturated/α-hetero) is 1. The molecule has 0 spiro atoms. The fourth-order valence-corrected chi connectivity index (χ4v) is 9.44. The molecule has 5 aliphatic rings. The molecule has 192 valence electrons. The summed E-state index contributed by atoms with van der Waals surface area (Å²) in [5.41, 5.74) is -0.855. The first-order chi connectivity index (χ1) is 17.0. The number of hydrogen-bond donors (Lipinski definition) is 1. The van der Waals surface area contributed by atoms with Gasteiger partial charge in [0.1, 0.15) is 0 Å². The van der Waals surface area contributed by atoms with Crippen LogP contribution in [0.15, 0.2) is 53.2 Å². The van der Waals surface area contributed by atoms with Crippen LogP contribution in [0.3, 0.4) is 0 Å². The van der Waals surface area contributed by atoms with Gasteiger partial charge in [-0.15, -0.1) is 11.8 Å². The summed E-state index contributed by atoms with van der Waals surface area (Å²) in [5.74, 6) is -0.0955. The van der Waals surface area contributed by atoms with E-state index < -0.39 is 22.9 Å². The molecule has 0 amide bonds. The molecule has 1 saturated heterocycles. The molecule has 1 aromatic heterocycles. The molecule has 3 saturated carbocycles. The number of carbonyl (C=O) groups is 2. The van der Waals surface area contributed by atoms with Crippen LogP contribution < -0.4 is 0 Å². The van der Waals surface area contributed by atoms with Crippen LogP contribution in [0.1, 0.15) is 53.4 Å². The van der Waals surface area contributed by atoms with Gasteiger partial charge in [0.2, 0.25) is 0 Å². The third-order valence-corrected chi connectivity index (χ3v) is 10.9. The molecule has 1 aliphatic heterocycles.